The van der Waals surface area contributed by atoms with Crippen molar-refractivity contribution in [2.75, 3.05) is 5.32 Å². The molecule has 0 saturated carbocycles. The van der Waals surface area contributed by atoms with Crippen LogP contribution in [0.15, 0.2) is 48.5 Å². The Morgan fingerprint density at radius 3 is 2.31 bits per heavy atom. The van der Waals surface area contributed by atoms with Crippen molar-refractivity contribution in [1.82, 2.24) is 0 Å². The molecule has 0 heterocycles. The molecule has 0 aliphatic carbocycles. The predicted octanol–water partition coefficient (Wildman–Crippen LogP) is 2.33. The minimum Gasteiger partial charge on any atom is -0.423 e. The van der Waals surface area contributed by atoms with E-state index in [-0.39, 0.29) is 5.82 Å². The van der Waals surface area contributed by atoms with Crippen LogP contribution in [0.25, 0.3) is 0 Å². The molecule has 3 N–H and O–H groups in total. The zero-order valence-corrected chi connectivity index (χ0v) is 15.3. The van der Waals surface area contributed by atoms with Gasteiger partial charge in [-0.3, -0.25) is 4.79 Å². The average molecular weight is 359 g/mol. The van der Waals surface area contributed by atoms with Gasteiger partial charge in [0.25, 0.3) is 5.91 Å². The molecule has 0 bridgehead atoms. The molecule has 0 spiro atoms. The van der Waals surface area contributed by atoms with Crippen molar-refractivity contribution in [2.45, 2.75) is 38.9 Å². The highest BCUT2D eigenvalue weighted by atomic mass is 19.1. The first-order valence-electron chi connectivity index (χ1n) is 8.25. The second-order valence-electron chi connectivity index (χ2n) is 7.13. The minimum absolute atomic E-state index is 0.315. The monoisotopic (exact) mass is 359 g/mol. The summed E-state index contributed by atoms with van der Waals surface area (Å²) in [4.78, 5) is 12.4. The number of aliphatic hydroxyl groups is 1. The summed E-state index contributed by atoms with van der Waals surface area (Å²) in [6.07, 6.45) is 0. The predicted molar refractivity (Wildman–Crippen MR) is 99.9 cm³/mol. The number of halogens is 1. The third kappa shape index (κ3) is 4.91. The van der Waals surface area contributed by atoms with Crippen molar-refractivity contribution in [2.24, 2.45) is 0 Å². The number of rotatable bonds is 6. The third-order valence-corrected chi connectivity index (χ3v) is 4.42. The lowest BCUT2D eigenvalue weighted by atomic mass is 9.76. The van der Waals surface area contributed by atoms with Gasteiger partial charge in [-0.15, -0.1) is 0 Å². The number of anilines is 1. The number of hydrogen-bond donors (Lipinski definition) is 3. The molecule has 0 radical (unpaired) electrons. The van der Waals surface area contributed by atoms with Crippen LogP contribution in [-0.2, 0) is 4.65 Å². The van der Waals surface area contributed by atoms with Crippen molar-refractivity contribution in [3.05, 3.63) is 59.9 Å². The van der Waals surface area contributed by atoms with Gasteiger partial charge in [-0.1, -0.05) is 12.1 Å². The summed E-state index contributed by atoms with van der Waals surface area (Å²) in [5, 5.41) is 23.1. The highest BCUT2D eigenvalue weighted by Crippen LogP contribution is 2.25. The van der Waals surface area contributed by atoms with E-state index >= 15 is 0 Å². The van der Waals surface area contributed by atoms with Gasteiger partial charge < -0.3 is 20.1 Å². The SMILES string of the molecule is CC(C)(O)C(C)(C)OB(O)c1cccc(C(=O)Nc2ccc(F)cc2)c1. The molecule has 0 aliphatic rings. The second-order valence-corrected chi connectivity index (χ2v) is 7.13. The largest absolute Gasteiger partial charge is 0.491 e. The van der Waals surface area contributed by atoms with Crippen molar-refractivity contribution in [1.29, 1.82) is 0 Å². The van der Waals surface area contributed by atoms with E-state index in [0.29, 0.717) is 16.7 Å². The highest BCUT2D eigenvalue weighted by Gasteiger charge is 2.39. The molecular formula is C19H23BFNO4. The van der Waals surface area contributed by atoms with E-state index in [1.807, 2.05) is 0 Å². The maximum Gasteiger partial charge on any atom is 0.491 e. The van der Waals surface area contributed by atoms with Crippen molar-refractivity contribution >= 4 is 24.2 Å². The van der Waals surface area contributed by atoms with Gasteiger partial charge in [0, 0.05) is 11.3 Å². The van der Waals surface area contributed by atoms with Gasteiger partial charge in [0.05, 0.1) is 11.2 Å². The molecule has 26 heavy (non-hydrogen) atoms. The minimum atomic E-state index is -1.31. The Kier molecular flexibility index (Phi) is 5.86. The van der Waals surface area contributed by atoms with Crippen molar-refractivity contribution < 1.29 is 24.0 Å². The van der Waals surface area contributed by atoms with E-state index in [2.05, 4.69) is 5.32 Å². The molecule has 0 fully saturated rings. The molecule has 2 aromatic carbocycles. The third-order valence-electron chi connectivity index (χ3n) is 4.42. The topological polar surface area (TPSA) is 78.8 Å². The maximum atomic E-state index is 12.9. The summed E-state index contributed by atoms with van der Waals surface area (Å²) in [7, 11) is -1.31. The first-order valence-corrected chi connectivity index (χ1v) is 8.25. The average Bonchev–Trinajstić information content (AvgIpc) is 2.55. The van der Waals surface area contributed by atoms with Gasteiger partial charge in [0.15, 0.2) is 0 Å². The number of amides is 1. The molecule has 0 aliphatic heterocycles. The van der Waals surface area contributed by atoms with Gasteiger partial charge in [0.2, 0.25) is 0 Å². The Labute approximate surface area is 153 Å². The summed E-state index contributed by atoms with van der Waals surface area (Å²) in [5.41, 5.74) is -1.03. The smallest absolute Gasteiger partial charge is 0.423 e. The van der Waals surface area contributed by atoms with Crippen LogP contribution in [-0.4, -0.2) is 34.4 Å². The number of hydrogen-bond acceptors (Lipinski definition) is 4. The molecule has 0 unspecified atom stereocenters. The molecular weight excluding hydrogens is 336 g/mol. The molecule has 0 aromatic heterocycles. The lowest BCUT2D eigenvalue weighted by Crippen LogP contribution is -2.53. The fourth-order valence-corrected chi connectivity index (χ4v) is 2.06. The number of carbonyl (C=O) groups is 1. The van der Waals surface area contributed by atoms with Gasteiger partial charge in [-0.25, -0.2) is 4.39 Å². The maximum absolute atomic E-state index is 12.9. The van der Waals surface area contributed by atoms with E-state index in [9.17, 15) is 19.3 Å². The summed E-state index contributed by atoms with van der Waals surface area (Å²) in [6.45, 7) is 6.52. The van der Waals surface area contributed by atoms with Crippen LogP contribution in [0.5, 0.6) is 0 Å². The van der Waals surface area contributed by atoms with E-state index < -0.39 is 24.2 Å². The summed E-state index contributed by atoms with van der Waals surface area (Å²) in [5.74, 6) is -0.785. The summed E-state index contributed by atoms with van der Waals surface area (Å²) < 4.78 is 18.5. The van der Waals surface area contributed by atoms with Crippen LogP contribution in [0.3, 0.4) is 0 Å². The van der Waals surface area contributed by atoms with Gasteiger partial charge in [-0.05, 0) is 69.6 Å². The fraction of sp³-hybridized carbons (Fsp3) is 0.316. The van der Waals surface area contributed by atoms with Crippen molar-refractivity contribution in [3.8, 4) is 0 Å². The zero-order chi connectivity index (χ0) is 19.5. The van der Waals surface area contributed by atoms with Crippen LogP contribution < -0.4 is 10.8 Å². The summed E-state index contributed by atoms with van der Waals surface area (Å²) >= 11 is 0. The Bertz CT molecular complexity index is 772. The lowest BCUT2D eigenvalue weighted by Gasteiger charge is -2.38. The van der Waals surface area contributed by atoms with Crippen LogP contribution in [0.4, 0.5) is 10.1 Å². The normalized spacial score (nSPS) is 12.0. The molecule has 0 atom stereocenters. The number of carbonyl (C=O) groups excluding carboxylic acids is 1. The lowest BCUT2D eigenvalue weighted by molar-refractivity contribution is -0.0982. The molecule has 2 rings (SSSR count). The van der Waals surface area contributed by atoms with Crippen LogP contribution >= 0.6 is 0 Å². The standard InChI is InChI=1S/C19H23BFNO4/c1-18(2,24)19(3,4)26-20(25)14-7-5-6-13(12-14)17(23)22-16-10-8-15(21)9-11-16/h5-12,24-25H,1-4H3,(H,22,23). The molecule has 0 saturated heterocycles. The van der Waals surface area contributed by atoms with Gasteiger partial charge >= 0.3 is 7.12 Å². The molecule has 5 nitrogen and oxygen atoms in total. The number of benzene rings is 2. The Morgan fingerprint density at radius 2 is 1.73 bits per heavy atom. The van der Waals surface area contributed by atoms with E-state index in [1.54, 1.807) is 45.9 Å². The van der Waals surface area contributed by atoms with E-state index in [1.165, 1.54) is 30.3 Å². The zero-order valence-electron chi connectivity index (χ0n) is 15.3. The van der Waals surface area contributed by atoms with Crippen LogP contribution in [0, 0.1) is 5.82 Å². The van der Waals surface area contributed by atoms with E-state index in [0.717, 1.165) is 0 Å². The van der Waals surface area contributed by atoms with Crippen LogP contribution in [0.1, 0.15) is 38.1 Å². The Hall–Kier alpha value is -2.22. The molecule has 1 amide bonds. The highest BCUT2D eigenvalue weighted by molar-refractivity contribution is 6.60. The molecule has 138 valence electrons. The molecule has 2 aromatic rings. The number of nitrogens with one attached hydrogen (secondary N) is 1. The quantitative estimate of drug-likeness (QED) is 0.692. The second kappa shape index (κ2) is 7.57. The van der Waals surface area contributed by atoms with Gasteiger partial charge in [-0.2, -0.15) is 0 Å². The first-order chi connectivity index (χ1) is 12.0. The molecule has 7 heteroatoms. The first kappa shape index (κ1) is 20.1. The Balaban J connectivity index is 2.14. The van der Waals surface area contributed by atoms with Gasteiger partial charge in [0.1, 0.15) is 5.82 Å². The Morgan fingerprint density at radius 1 is 1.12 bits per heavy atom. The van der Waals surface area contributed by atoms with Crippen molar-refractivity contribution in [3.63, 3.8) is 0 Å². The fourth-order valence-electron chi connectivity index (χ4n) is 2.06. The summed E-state index contributed by atoms with van der Waals surface area (Å²) in [6, 6.07) is 11.8. The van der Waals surface area contributed by atoms with E-state index in [4.69, 9.17) is 4.65 Å². The van der Waals surface area contributed by atoms with Crippen LogP contribution in [0.2, 0.25) is 0 Å².